The average molecular weight is 187 g/mol. The van der Waals surface area contributed by atoms with E-state index >= 15 is 0 Å². The number of allylic oxidation sites excluding steroid dienone is 1. The van der Waals surface area contributed by atoms with Gasteiger partial charge in [-0.1, -0.05) is 20.4 Å². The van der Waals surface area contributed by atoms with E-state index in [1.165, 1.54) is 0 Å². The van der Waals surface area contributed by atoms with Gasteiger partial charge in [-0.3, -0.25) is 4.79 Å². The molecule has 0 saturated carbocycles. The summed E-state index contributed by atoms with van der Waals surface area (Å²) in [7, 11) is 0. The van der Waals surface area contributed by atoms with Crippen molar-refractivity contribution in [1.82, 2.24) is 5.32 Å². The predicted molar refractivity (Wildman–Crippen MR) is 55.1 cm³/mol. The van der Waals surface area contributed by atoms with Crippen LogP contribution in [0.5, 0.6) is 0 Å². The number of hydrogen-bond donors (Lipinski definition) is 1. The molecule has 3 heteroatoms. The Morgan fingerprint density at radius 2 is 2.17 bits per heavy atom. The van der Waals surface area contributed by atoms with E-state index in [9.17, 15) is 4.79 Å². The highest BCUT2D eigenvalue weighted by Gasteiger charge is 2.04. The summed E-state index contributed by atoms with van der Waals surface area (Å²) in [6.45, 7) is 10.2. The second-order valence-corrected chi connectivity index (χ2v) is 4.39. The first-order valence-electron chi connectivity index (χ1n) is 4.10. The molecule has 0 heterocycles. The molecule has 1 N–H and O–H groups in total. The molecule has 2 nitrogen and oxygen atoms in total. The Morgan fingerprint density at radius 1 is 1.58 bits per heavy atom. The minimum atomic E-state index is 0.0832. The number of amides is 1. The highest BCUT2D eigenvalue weighted by molar-refractivity contribution is 8.03. The van der Waals surface area contributed by atoms with Crippen LogP contribution in [0.25, 0.3) is 0 Å². The van der Waals surface area contributed by atoms with Crippen molar-refractivity contribution in [3.8, 4) is 0 Å². The van der Waals surface area contributed by atoms with Crippen LogP contribution < -0.4 is 5.32 Å². The first-order chi connectivity index (χ1) is 5.54. The Bertz CT molecular complexity index is 166. The Balaban J connectivity index is 3.32. The molecule has 0 saturated heterocycles. The monoisotopic (exact) mass is 187 g/mol. The third-order valence-electron chi connectivity index (χ3n) is 1.27. The Kier molecular flexibility index (Phi) is 5.89. The summed E-state index contributed by atoms with van der Waals surface area (Å²) in [4.78, 5) is 12.1. The van der Waals surface area contributed by atoms with Crippen LogP contribution in [0.1, 0.15) is 20.8 Å². The minimum absolute atomic E-state index is 0.0832. The van der Waals surface area contributed by atoms with Crippen LogP contribution in [0, 0.1) is 5.92 Å². The number of hydrogen-bond acceptors (Lipinski definition) is 2. The van der Waals surface area contributed by atoms with E-state index < -0.39 is 0 Å². The van der Waals surface area contributed by atoms with Gasteiger partial charge in [-0.2, -0.15) is 0 Å². The molecule has 0 aromatic heterocycles. The SMILES string of the molecule is C=C(C)SCCNC(=O)C(C)C. The van der Waals surface area contributed by atoms with Gasteiger partial charge in [-0.05, 0) is 11.8 Å². The molecule has 0 unspecified atom stereocenters. The van der Waals surface area contributed by atoms with Crippen molar-refractivity contribution in [2.24, 2.45) is 5.92 Å². The zero-order valence-electron chi connectivity index (χ0n) is 8.02. The Hall–Kier alpha value is -0.440. The first kappa shape index (κ1) is 11.6. The summed E-state index contributed by atoms with van der Waals surface area (Å²) in [6, 6.07) is 0. The maximum absolute atomic E-state index is 11.0. The quantitative estimate of drug-likeness (QED) is 0.667. The van der Waals surface area contributed by atoms with Gasteiger partial charge in [0.25, 0.3) is 0 Å². The van der Waals surface area contributed by atoms with Crippen molar-refractivity contribution in [2.75, 3.05) is 12.3 Å². The maximum atomic E-state index is 11.0. The highest BCUT2D eigenvalue weighted by Crippen LogP contribution is 2.09. The van der Waals surface area contributed by atoms with Gasteiger partial charge in [0, 0.05) is 18.2 Å². The fourth-order valence-electron chi connectivity index (χ4n) is 0.604. The molecule has 0 aliphatic heterocycles. The van der Waals surface area contributed by atoms with E-state index in [4.69, 9.17) is 0 Å². The number of carbonyl (C=O) groups is 1. The van der Waals surface area contributed by atoms with Crippen LogP contribution >= 0.6 is 11.8 Å². The lowest BCUT2D eigenvalue weighted by Crippen LogP contribution is -2.29. The van der Waals surface area contributed by atoms with Crippen molar-refractivity contribution < 1.29 is 4.79 Å². The molecular weight excluding hydrogens is 170 g/mol. The third kappa shape index (κ3) is 6.28. The molecule has 0 bridgehead atoms. The van der Waals surface area contributed by atoms with E-state index in [-0.39, 0.29) is 11.8 Å². The van der Waals surface area contributed by atoms with Gasteiger partial charge in [0.05, 0.1) is 0 Å². The molecule has 0 fully saturated rings. The summed E-state index contributed by atoms with van der Waals surface area (Å²) >= 11 is 1.68. The third-order valence-corrected chi connectivity index (χ3v) is 2.18. The summed E-state index contributed by atoms with van der Waals surface area (Å²) in [6.07, 6.45) is 0. The van der Waals surface area contributed by atoms with Crippen molar-refractivity contribution in [1.29, 1.82) is 0 Å². The zero-order chi connectivity index (χ0) is 9.56. The molecule has 0 aliphatic carbocycles. The second-order valence-electron chi connectivity index (χ2n) is 3.00. The zero-order valence-corrected chi connectivity index (χ0v) is 8.83. The van der Waals surface area contributed by atoms with Crippen molar-refractivity contribution in [2.45, 2.75) is 20.8 Å². The second kappa shape index (κ2) is 6.12. The molecule has 0 atom stereocenters. The van der Waals surface area contributed by atoms with Crippen LogP contribution in [0.2, 0.25) is 0 Å². The minimum Gasteiger partial charge on any atom is -0.355 e. The molecule has 1 amide bonds. The largest absolute Gasteiger partial charge is 0.355 e. The van der Waals surface area contributed by atoms with Gasteiger partial charge in [0.15, 0.2) is 0 Å². The summed E-state index contributed by atoms with van der Waals surface area (Å²) in [5, 5.41) is 2.84. The van der Waals surface area contributed by atoms with E-state index in [1.807, 2.05) is 20.8 Å². The molecule has 0 spiro atoms. The molecule has 0 radical (unpaired) electrons. The molecule has 0 rings (SSSR count). The summed E-state index contributed by atoms with van der Waals surface area (Å²) < 4.78 is 0. The fourth-order valence-corrected chi connectivity index (χ4v) is 1.16. The van der Waals surface area contributed by atoms with Crippen LogP contribution in [-0.4, -0.2) is 18.2 Å². The van der Waals surface area contributed by atoms with E-state index in [0.717, 1.165) is 17.2 Å². The van der Waals surface area contributed by atoms with E-state index in [0.29, 0.717) is 0 Å². The maximum Gasteiger partial charge on any atom is 0.222 e. The first-order valence-corrected chi connectivity index (χ1v) is 5.08. The standard InChI is InChI=1S/C9H17NOS/c1-7(2)9(11)10-5-6-12-8(3)4/h7H,3,5-6H2,1-2,4H3,(H,10,11). The summed E-state index contributed by atoms with van der Waals surface area (Å²) in [5.41, 5.74) is 0. The topological polar surface area (TPSA) is 29.1 Å². The van der Waals surface area contributed by atoms with Gasteiger partial charge in [-0.15, -0.1) is 11.8 Å². The molecule has 70 valence electrons. The molecule has 0 aromatic carbocycles. The number of rotatable bonds is 5. The van der Waals surface area contributed by atoms with Crippen LogP contribution in [0.4, 0.5) is 0 Å². The highest BCUT2D eigenvalue weighted by atomic mass is 32.2. The Labute approximate surface area is 78.8 Å². The lowest BCUT2D eigenvalue weighted by atomic mass is 10.2. The van der Waals surface area contributed by atoms with Gasteiger partial charge in [0.1, 0.15) is 0 Å². The van der Waals surface area contributed by atoms with Crippen LogP contribution in [0.15, 0.2) is 11.5 Å². The van der Waals surface area contributed by atoms with E-state index in [1.54, 1.807) is 11.8 Å². The van der Waals surface area contributed by atoms with Crippen LogP contribution in [0.3, 0.4) is 0 Å². The van der Waals surface area contributed by atoms with Crippen molar-refractivity contribution in [3.05, 3.63) is 11.5 Å². The van der Waals surface area contributed by atoms with Gasteiger partial charge >= 0.3 is 0 Å². The average Bonchev–Trinajstić information content (AvgIpc) is 1.97. The smallest absolute Gasteiger partial charge is 0.222 e. The van der Waals surface area contributed by atoms with E-state index in [2.05, 4.69) is 11.9 Å². The molecule has 0 aromatic rings. The lowest BCUT2D eigenvalue weighted by molar-refractivity contribution is -0.123. The van der Waals surface area contributed by atoms with Gasteiger partial charge in [0.2, 0.25) is 5.91 Å². The van der Waals surface area contributed by atoms with Crippen molar-refractivity contribution in [3.63, 3.8) is 0 Å². The molecule has 12 heavy (non-hydrogen) atoms. The molecular formula is C9H17NOS. The number of carbonyl (C=O) groups excluding carboxylic acids is 1. The lowest BCUT2D eigenvalue weighted by Gasteiger charge is -2.06. The van der Waals surface area contributed by atoms with Crippen molar-refractivity contribution >= 4 is 17.7 Å². The van der Waals surface area contributed by atoms with Gasteiger partial charge in [-0.25, -0.2) is 0 Å². The van der Waals surface area contributed by atoms with Gasteiger partial charge < -0.3 is 5.32 Å². The predicted octanol–water partition coefficient (Wildman–Crippen LogP) is 2.03. The normalized spacial score (nSPS) is 10.0. The molecule has 0 aliphatic rings. The Morgan fingerprint density at radius 3 is 2.58 bits per heavy atom. The van der Waals surface area contributed by atoms with Crippen LogP contribution in [-0.2, 0) is 4.79 Å². The number of nitrogens with one attached hydrogen (secondary N) is 1. The summed E-state index contributed by atoms with van der Waals surface area (Å²) in [5.74, 6) is 1.12. The number of thioether (sulfide) groups is 1. The fraction of sp³-hybridized carbons (Fsp3) is 0.667.